The lowest BCUT2D eigenvalue weighted by Crippen LogP contribution is -1.81. The van der Waals surface area contributed by atoms with Crippen molar-refractivity contribution in [1.82, 2.24) is 0 Å². The fraction of sp³-hybridized carbons (Fsp3) is 0. The zero-order chi connectivity index (χ0) is 14.2. The first-order chi connectivity index (χ1) is 10.3. The van der Waals surface area contributed by atoms with Crippen LogP contribution in [0.1, 0.15) is 0 Å². The van der Waals surface area contributed by atoms with E-state index in [9.17, 15) is 0 Å². The summed E-state index contributed by atoms with van der Waals surface area (Å²) in [6.45, 7) is 0. The van der Waals surface area contributed by atoms with E-state index in [0.29, 0.717) is 0 Å². The van der Waals surface area contributed by atoms with Crippen LogP contribution in [-0.4, -0.2) is 0 Å². The molecule has 0 saturated carbocycles. The molecule has 0 aliphatic rings. The van der Waals surface area contributed by atoms with Gasteiger partial charge in [-0.25, -0.2) is 0 Å². The van der Waals surface area contributed by atoms with Gasteiger partial charge in [0.05, 0.1) is 0 Å². The predicted octanol–water partition coefficient (Wildman–Crippen LogP) is 6.42. The number of hydrogen-bond donors (Lipinski definition) is 0. The molecular weight excluding hydrogens is 320 g/mol. The van der Waals surface area contributed by atoms with E-state index < -0.39 is 0 Å². The van der Waals surface area contributed by atoms with Crippen LogP contribution < -0.4 is 0 Å². The first-order valence-corrected chi connectivity index (χ1v) is 7.78. The summed E-state index contributed by atoms with van der Waals surface area (Å²) >= 11 is 3.48. The second-order valence-electron chi connectivity index (χ2n) is 5.23. The van der Waals surface area contributed by atoms with Gasteiger partial charge >= 0.3 is 0 Å². The zero-order valence-electron chi connectivity index (χ0n) is 11.4. The van der Waals surface area contributed by atoms with Crippen LogP contribution in [0.15, 0.2) is 83.3 Å². The highest BCUT2D eigenvalue weighted by molar-refractivity contribution is 9.10. The number of hydrogen-bond acceptors (Lipinski definition) is 0. The van der Waals surface area contributed by atoms with E-state index in [-0.39, 0.29) is 0 Å². The molecule has 4 aromatic carbocycles. The van der Waals surface area contributed by atoms with E-state index in [2.05, 4.69) is 94.8 Å². The van der Waals surface area contributed by atoms with Crippen molar-refractivity contribution in [2.75, 3.05) is 0 Å². The summed E-state index contributed by atoms with van der Waals surface area (Å²) in [6.07, 6.45) is 0. The molecule has 1 heteroatoms. The molecule has 0 unspecified atom stereocenters. The van der Waals surface area contributed by atoms with Gasteiger partial charge in [-0.05, 0) is 50.9 Å². The Balaban J connectivity index is 1.94. The molecule has 100 valence electrons. The predicted molar refractivity (Wildman–Crippen MR) is 94.6 cm³/mol. The molecule has 0 saturated heterocycles. The molecule has 4 aromatic rings. The Morgan fingerprint density at radius 3 is 2.05 bits per heavy atom. The van der Waals surface area contributed by atoms with Gasteiger partial charge in [0.15, 0.2) is 0 Å². The quantitative estimate of drug-likeness (QED) is 0.352. The normalized spacial score (nSPS) is 11.1. The fourth-order valence-corrected chi connectivity index (χ4v) is 3.10. The molecule has 0 aliphatic carbocycles. The average molecular weight is 333 g/mol. The van der Waals surface area contributed by atoms with Crippen LogP contribution in [0.5, 0.6) is 0 Å². The maximum absolute atomic E-state index is 3.48. The van der Waals surface area contributed by atoms with Gasteiger partial charge in [0.2, 0.25) is 0 Å². The molecule has 0 radical (unpaired) electrons. The van der Waals surface area contributed by atoms with Crippen molar-refractivity contribution in [1.29, 1.82) is 0 Å². The molecule has 21 heavy (non-hydrogen) atoms. The van der Waals surface area contributed by atoms with Crippen LogP contribution >= 0.6 is 15.9 Å². The molecule has 0 heterocycles. The Morgan fingerprint density at radius 1 is 0.524 bits per heavy atom. The largest absolute Gasteiger partial charge is 0.0616 e. The maximum Gasteiger partial charge on any atom is 0.0175 e. The Bertz CT molecular complexity index is 937. The van der Waals surface area contributed by atoms with Crippen LogP contribution in [-0.2, 0) is 0 Å². The van der Waals surface area contributed by atoms with Crippen molar-refractivity contribution in [3.63, 3.8) is 0 Å². The Morgan fingerprint density at radius 2 is 1.19 bits per heavy atom. The summed E-state index contributed by atoms with van der Waals surface area (Å²) in [5.74, 6) is 0. The van der Waals surface area contributed by atoms with Crippen LogP contribution in [0.4, 0.5) is 0 Å². The van der Waals surface area contributed by atoms with Crippen molar-refractivity contribution in [2.24, 2.45) is 0 Å². The lowest BCUT2D eigenvalue weighted by molar-refractivity contribution is 1.61. The third-order valence-electron chi connectivity index (χ3n) is 3.92. The van der Waals surface area contributed by atoms with Gasteiger partial charge in [0, 0.05) is 4.47 Å². The summed E-state index contributed by atoms with van der Waals surface area (Å²) in [5.41, 5.74) is 2.50. The van der Waals surface area contributed by atoms with Gasteiger partial charge in [-0.15, -0.1) is 0 Å². The highest BCUT2D eigenvalue weighted by Gasteiger charge is 2.03. The van der Waals surface area contributed by atoms with Gasteiger partial charge in [-0.2, -0.15) is 0 Å². The molecule has 0 fully saturated rings. The molecule has 0 aromatic heterocycles. The first-order valence-electron chi connectivity index (χ1n) is 6.99. The number of fused-ring (bicyclic) bond motifs is 3. The topological polar surface area (TPSA) is 0 Å². The van der Waals surface area contributed by atoms with E-state index in [1.165, 1.54) is 32.7 Å². The molecule has 0 nitrogen and oxygen atoms in total. The average Bonchev–Trinajstić information content (AvgIpc) is 2.55. The SMILES string of the molecule is Brc1ccc(-c2ccc3c(ccc4ccccc43)c2)cc1. The van der Waals surface area contributed by atoms with E-state index in [1.54, 1.807) is 0 Å². The summed E-state index contributed by atoms with van der Waals surface area (Å²) in [6, 6.07) is 28.1. The minimum absolute atomic E-state index is 1.11. The molecule has 0 N–H and O–H groups in total. The lowest BCUT2D eigenvalue weighted by atomic mass is 9.97. The second-order valence-corrected chi connectivity index (χ2v) is 6.15. The molecule has 4 rings (SSSR count). The number of rotatable bonds is 1. The smallest absolute Gasteiger partial charge is 0.0175 e. The summed E-state index contributed by atoms with van der Waals surface area (Å²) in [5, 5.41) is 5.21. The summed E-state index contributed by atoms with van der Waals surface area (Å²) < 4.78 is 1.11. The third-order valence-corrected chi connectivity index (χ3v) is 4.45. The lowest BCUT2D eigenvalue weighted by Gasteiger charge is -2.07. The van der Waals surface area contributed by atoms with Gasteiger partial charge < -0.3 is 0 Å². The minimum Gasteiger partial charge on any atom is -0.0616 e. The van der Waals surface area contributed by atoms with Crippen LogP contribution in [0.2, 0.25) is 0 Å². The number of benzene rings is 4. The molecular formula is C20H13Br. The van der Waals surface area contributed by atoms with Crippen molar-refractivity contribution >= 4 is 37.5 Å². The van der Waals surface area contributed by atoms with E-state index >= 15 is 0 Å². The van der Waals surface area contributed by atoms with Gasteiger partial charge in [0.25, 0.3) is 0 Å². The molecule has 0 spiro atoms. The summed E-state index contributed by atoms with van der Waals surface area (Å²) in [7, 11) is 0. The monoisotopic (exact) mass is 332 g/mol. The highest BCUT2D eigenvalue weighted by Crippen LogP contribution is 2.30. The van der Waals surface area contributed by atoms with Gasteiger partial charge in [-0.1, -0.05) is 76.6 Å². The van der Waals surface area contributed by atoms with Crippen molar-refractivity contribution in [3.8, 4) is 11.1 Å². The number of halogens is 1. The second kappa shape index (κ2) is 5.01. The van der Waals surface area contributed by atoms with E-state index in [4.69, 9.17) is 0 Å². The van der Waals surface area contributed by atoms with Gasteiger partial charge in [-0.3, -0.25) is 0 Å². The van der Waals surface area contributed by atoms with Crippen molar-refractivity contribution in [2.45, 2.75) is 0 Å². The Labute approximate surface area is 132 Å². The minimum atomic E-state index is 1.11. The fourth-order valence-electron chi connectivity index (χ4n) is 2.83. The van der Waals surface area contributed by atoms with Gasteiger partial charge in [0.1, 0.15) is 0 Å². The van der Waals surface area contributed by atoms with E-state index in [0.717, 1.165) is 4.47 Å². The summed E-state index contributed by atoms with van der Waals surface area (Å²) in [4.78, 5) is 0. The highest BCUT2D eigenvalue weighted by atomic mass is 79.9. The molecule has 0 aliphatic heterocycles. The van der Waals surface area contributed by atoms with Crippen LogP contribution in [0.25, 0.3) is 32.7 Å². The Hall–Kier alpha value is -2.12. The molecule has 0 amide bonds. The van der Waals surface area contributed by atoms with Crippen molar-refractivity contribution in [3.05, 3.63) is 83.3 Å². The molecule has 0 atom stereocenters. The molecule has 0 bridgehead atoms. The standard InChI is InChI=1S/C20H13Br/c21-18-10-7-14(8-11-18)16-9-12-20-17(13-16)6-5-15-3-1-2-4-19(15)20/h1-13H. The van der Waals surface area contributed by atoms with E-state index in [1.807, 2.05) is 0 Å². The first kappa shape index (κ1) is 12.6. The van der Waals surface area contributed by atoms with Crippen molar-refractivity contribution < 1.29 is 0 Å². The zero-order valence-corrected chi connectivity index (χ0v) is 13.0. The third kappa shape index (κ3) is 2.24. The maximum atomic E-state index is 3.48. The van der Waals surface area contributed by atoms with Crippen LogP contribution in [0.3, 0.4) is 0 Å². The van der Waals surface area contributed by atoms with Crippen LogP contribution in [0, 0.1) is 0 Å². The Kier molecular flexibility index (Phi) is 3.01.